The topological polar surface area (TPSA) is 69.7 Å². The highest BCUT2D eigenvalue weighted by atomic mass is 16.7. The van der Waals surface area contributed by atoms with Gasteiger partial charge in [0.1, 0.15) is 17.6 Å². The van der Waals surface area contributed by atoms with Gasteiger partial charge in [0.15, 0.2) is 11.5 Å². The molecule has 0 amide bonds. The highest BCUT2D eigenvalue weighted by molar-refractivity contribution is 5.99. The van der Waals surface area contributed by atoms with E-state index in [0.717, 1.165) is 59.0 Å². The highest BCUT2D eigenvalue weighted by Crippen LogP contribution is 2.40. The van der Waals surface area contributed by atoms with Crippen LogP contribution in [0.5, 0.6) is 23.0 Å². The van der Waals surface area contributed by atoms with Crippen molar-refractivity contribution in [1.82, 2.24) is 9.80 Å². The van der Waals surface area contributed by atoms with E-state index in [4.69, 9.17) is 23.7 Å². The van der Waals surface area contributed by atoms with Crippen LogP contribution in [0.1, 0.15) is 50.8 Å². The third-order valence-corrected chi connectivity index (χ3v) is 7.13. The lowest BCUT2D eigenvalue weighted by Gasteiger charge is -2.25. The van der Waals surface area contributed by atoms with E-state index in [1.54, 1.807) is 0 Å². The molecule has 1 aliphatic heterocycles. The number of carbonyl (C=O) groups is 1. The first-order chi connectivity index (χ1) is 20.9. The molecule has 44 heavy (non-hydrogen) atoms. The number of allylic oxidation sites excluding steroid dienone is 1. The number of fused-ring (bicyclic) bond motifs is 1. The molecule has 0 radical (unpaired) electrons. The molecular weight excluding hydrogens is 556 g/mol. The zero-order valence-corrected chi connectivity index (χ0v) is 27.3. The molecule has 0 saturated heterocycles. The van der Waals surface area contributed by atoms with Gasteiger partial charge in [-0.2, -0.15) is 0 Å². The Kier molecular flexibility index (Phi) is 10.9. The number of esters is 1. The number of carbonyl (C=O) groups excluding carboxylic acids is 1. The Balaban J connectivity index is 1.66. The van der Waals surface area contributed by atoms with Crippen LogP contribution >= 0.6 is 0 Å². The van der Waals surface area contributed by atoms with Gasteiger partial charge in [-0.3, -0.25) is 4.79 Å². The van der Waals surface area contributed by atoms with Crippen LogP contribution in [0.2, 0.25) is 0 Å². The molecule has 236 valence electrons. The zero-order chi connectivity index (χ0) is 31.9. The van der Waals surface area contributed by atoms with Crippen LogP contribution in [0, 0.1) is 5.41 Å². The van der Waals surface area contributed by atoms with Crippen molar-refractivity contribution < 1.29 is 28.5 Å². The van der Waals surface area contributed by atoms with Gasteiger partial charge in [0.25, 0.3) is 0 Å². The fourth-order valence-electron chi connectivity index (χ4n) is 5.05. The predicted molar refractivity (Wildman–Crippen MR) is 174 cm³/mol. The van der Waals surface area contributed by atoms with E-state index in [-0.39, 0.29) is 25.7 Å². The Hall–Kier alpha value is -4.01. The molecule has 0 aliphatic carbocycles. The third-order valence-electron chi connectivity index (χ3n) is 7.13. The van der Waals surface area contributed by atoms with E-state index >= 15 is 0 Å². The van der Waals surface area contributed by atoms with E-state index in [9.17, 15) is 4.79 Å². The summed E-state index contributed by atoms with van der Waals surface area (Å²) in [5.41, 5.74) is 4.85. The van der Waals surface area contributed by atoms with Gasteiger partial charge in [0, 0.05) is 13.1 Å². The molecule has 8 nitrogen and oxygen atoms in total. The van der Waals surface area contributed by atoms with Crippen molar-refractivity contribution >= 4 is 17.1 Å². The van der Waals surface area contributed by atoms with E-state index in [0.29, 0.717) is 5.75 Å². The van der Waals surface area contributed by atoms with Crippen molar-refractivity contribution in [3.05, 3.63) is 83.4 Å². The zero-order valence-electron chi connectivity index (χ0n) is 27.3. The van der Waals surface area contributed by atoms with Crippen molar-refractivity contribution in [2.24, 2.45) is 5.41 Å². The summed E-state index contributed by atoms with van der Waals surface area (Å²) < 4.78 is 28.7. The monoisotopic (exact) mass is 602 g/mol. The minimum Gasteiger partial charge on any atom is -0.488 e. The molecule has 0 aromatic heterocycles. The number of likely N-dealkylation sites (N-methyl/N-ethyl adjacent to an activating group) is 2. The molecule has 0 saturated carbocycles. The molecule has 1 heterocycles. The average Bonchev–Trinajstić information content (AvgIpc) is 3.44. The first-order valence-electron chi connectivity index (χ1n) is 15.0. The summed E-state index contributed by atoms with van der Waals surface area (Å²) in [6.45, 7) is 9.33. The largest absolute Gasteiger partial charge is 0.488 e. The van der Waals surface area contributed by atoms with Crippen LogP contribution in [-0.2, 0) is 9.53 Å². The molecule has 4 rings (SSSR count). The quantitative estimate of drug-likeness (QED) is 0.123. The van der Waals surface area contributed by atoms with Gasteiger partial charge in [-0.05, 0) is 120 Å². The SMILES string of the molecule is CCC(=C(c1ccc(OCOC(=O)C(C)(C)C)cc1)c1ccc(OC(CN(C)C)CN(C)C)cc1)c1ccc2c(c1)OCO2. The summed E-state index contributed by atoms with van der Waals surface area (Å²) in [5, 5.41) is 0. The first-order valence-corrected chi connectivity index (χ1v) is 15.0. The van der Waals surface area contributed by atoms with Crippen LogP contribution in [0.25, 0.3) is 11.1 Å². The maximum atomic E-state index is 12.1. The molecular formula is C36H46N2O6. The summed E-state index contributed by atoms with van der Waals surface area (Å²) in [5.74, 6) is 2.64. The number of hydrogen-bond donors (Lipinski definition) is 0. The van der Waals surface area contributed by atoms with Crippen LogP contribution in [0.3, 0.4) is 0 Å². The van der Waals surface area contributed by atoms with Crippen LogP contribution < -0.4 is 18.9 Å². The molecule has 0 fully saturated rings. The summed E-state index contributed by atoms with van der Waals surface area (Å²) in [6.07, 6.45) is 0.832. The first kappa shape index (κ1) is 32.9. The molecule has 3 aromatic carbocycles. The standard InChI is InChI=1S/C36H46N2O6/c1-9-31(27-14-19-32-33(20-27)42-24-41-32)34(25-10-15-28(16-11-25)40-23-43-35(39)36(2,3)4)26-12-17-29(18-13-26)44-30(21-37(5)6)22-38(7)8/h10-20,30H,9,21-24H2,1-8H3. The third kappa shape index (κ3) is 8.77. The minimum atomic E-state index is -0.585. The minimum absolute atomic E-state index is 0.0379. The fourth-order valence-corrected chi connectivity index (χ4v) is 5.05. The number of benzene rings is 3. The van der Waals surface area contributed by atoms with Gasteiger partial charge < -0.3 is 33.5 Å². The second kappa shape index (κ2) is 14.6. The fraction of sp³-hybridized carbons (Fsp3) is 0.417. The second-order valence-corrected chi connectivity index (χ2v) is 12.5. The van der Waals surface area contributed by atoms with E-state index < -0.39 is 5.41 Å². The van der Waals surface area contributed by atoms with Gasteiger partial charge >= 0.3 is 5.97 Å². The van der Waals surface area contributed by atoms with Crippen molar-refractivity contribution in [1.29, 1.82) is 0 Å². The number of hydrogen-bond acceptors (Lipinski definition) is 8. The van der Waals surface area contributed by atoms with Crippen LogP contribution in [0.4, 0.5) is 0 Å². The number of rotatable bonds is 13. The van der Waals surface area contributed by atoms with E-state index in [1.807, 2.05) is 69.3 Å². The lowest BCUT2D eigenvalue weighted by molar-refractivity contribution is -0.159. The maximum Gasteiger partial charge on any atom is 0.314 e. The highest BCUT2D eigenvalue weighted by Gasteiger charge is 2.23. The van der Waals surface area contributed by atoms with Crippen molar-refractivity contribution in [2.45, 2.75) is 40.2 Å². The molecule has 0 N–H and O–H groups in total. The van der Waals surface area contributed by atoms with Gasteiger partial charge in [0.2, 0.25) is 13.6 Å². The van der Waals surface area contributed by atoms with Gasteiger partial charge in [-0.1, -0.05) is 37.3 Å². The maximum absolute atomic E-state index is 12.1. The van der Waals surface area contributed by atoms with Gasteiger partial charge in [-0.25, -0.2) is 0 Å². The molecule has 1 aliphatic rings. The Morgan fingerprint density at radius 2 is 1.34 bits per heavy atom. The molecule has 3 aromatic rings. The normalized spacial score (nSPS) is 13.3. The molecule has 0 spiro atoms. The average molecular weight is 603 g/mol. The van der Waals surface area contributed by atoms with E-state index in [1.165, 1.54) is 5.57 Å². The second-order valence-electron chi connectivity index (χ2n) is 12.5. The Labute approximate surface area is 262 Å². The summed E-state index contributed by atoms with van der Waals surface area (Å²) in [6, 6.07) is 22.3. The summed E-state index contributed by atoms with van der Waals surface area (Å²) in [7, 11) is 8.24. The lowest BCUT2D eigenvalue weighted by atomic mass is 9.88. The van der Waals surface area contributed by atoms with Gasteiger partial charge in [-0.15, -0.1) is 0 Å². The van der Waals surface area contributed by atoms with Crippen LogP contribution in [0.15, 0.2) is 66.7 Å². The van der Waals surface area contributed by atoms with E-state index in [2.05, 4.69) is 63.1 Å². The van der Waals surface area contributed by atoms with Crippen molar-refractivity contribution in [3.63, 3.8) is 0 Å². The molecule has 0 atom stereocenters. The van der Waals surface area contributed by atoms with Crippen molar-refractivity contribution in [3.8, 4) is 23.0 Å². The van der Waals surface area contributed by atoms with Crippen LogP contribution in [-0.4, -0.2) is 76.7 Å². The number of ether oxygens (including phenoxy) is 5. The molecule has 8 heteroatoms. The van der Waals surface area contributed by atoms with Crippen molar-refractivity contribution in [2.75, 3.05) is 54.9 Å². The summed E-state index contributed by atoms with van der Waals surface area (Å²) >= 11 is 0. The lowest BCUT2D eigenvalue weighted by Crippen LogP contribution is -2.38. The molecule has 0 unspecified atom stereocenters. The smallest absolute Gasteiger partial charge is 0.314 e. The Morgan fingerprint density at radius 1 is 0.795 bits per heavy atom. The van der Waals surface area contributed by atoms with Gasteiger partial charge in [0.05, 0.1) is 5.41 Å². The molecule has 0 bridgehead atoms. The Bertz CT molecular complexity index is 1410. The Morgan fingerprint density at radius 3 is 1.89 bits per heavy atom. The number of nitrogens with zero attached hydrogens (tertiary/aromatic N) is 2. The summed E-state index contributed by atoms with van der Waals surface area (Å²) in [4.78, 5) is 16.4. The predicted octanol–water partition coefficient (Wildman–Crippen LogP) is 6.58.